The molecular weight excluding hydrogens is 200 g/mol. The second-order valence-corrected chi connectivity index (χ2v) is 5.30. The number of nitrogens with zero attached hydrogens (tertiary/aromatic N) is 1. The van der Waals surface area contributed by atoms with Crippen LogP contribution in [0.15, 0.2) is 0 Å². The first-order chi connectivity index (χ1) is 7.72. The summed E-state index contributed by atoms with van der Waals surface area (Å²) in [6, 6.07) is 0.602. The highest BCUT2D eigenvalue weighted by molar-refractivity contribution is 4.75. The van der Waals surface area contributed by atoms with Crippen molar-refractivity contribution in [2.75, 3.05) is 32.8 Å². The minimum Gasteiger partial charge on any atom is -0.396 e. The molecule has 1 saturated heterocycles. The van der Waals surface area contributed by atoms with Crippen LogP contribution in [0.5, 0.6) is 0 Å². The van der Waals surface area contributed by atoms with Crippen LogP contribution in [0.4, 0.5) is 0 Å². The molecule has 0 aromatic heterocycles. The van der Waals surface area contributed by atoms with Crippen molar-refractivity contribution in [3.8, 4) is 0 Å². The standard InChI is InChI=1S/C13H28N2O/c1-12(2)14-10-13-6-5-8-15(11-13)7-3-4-9-16/h12-14,16H,3-11H2,1-2H3. The van der Waals surface area contributed by atoms with Crippen molar-refractivity contribution in [1.82, 2.24) is 10.2 Å². The van der Waals surface area contributed by atoms with E-state index in [-0.39, 0.29) is 0 Å². The molecule has 1 aliphatic heterocycles. The Morgan fingerprint density at radius 3 is 2.88 bits per heavy atom. The Morgan fingerprint density at radius 1 is 1.38 bits per heavy atom. The maximum atomic E-state index is 8.76. The van der Waals surface area contributed by atoms with Crippen molar-refractivity contribution in [2.45, 2.75) is 45.6 Å². The lowest BCUT2D eigenvalue weighted by Gasteiger charge is -2.33. The third-order valence-corrected chi connectivity index (χ3v) is 3.30. The summed E-state index contributed by atoms with van der Waals surface area (Å²) in [5.74, 6) is 0.824. The lowest BCUT2D eigenvalue weighted by Crippen LogP contribution is -2.41. The minimum atomic E-state index is 0.339. The van der Waals surface area contributed by atoms with Crippen molar-refractivity contribution < 1.29 is 5.11 Å². The second-order valence-electron chi connectivity index (χ2n) is 5.30. The summed E-state index contributed by atoms with van der Waals surface area (Å²) in [7, 11) is 0. The maximum Gasteiger partial charge on any atom is 0.0431 e. The van der Waals surface area contributed by atoms with Gasteiger partial charge in [0.05, 0.1) is 0 Å². The number of aliphatic hydroxyl groups excluding tert-OH is 1. The SMILES string of the molecule is CC(C)NCC1CCCN(CCCCO)C1. The smallest absolute Gasteiger partial charge is 0.0431 e. The zero-order chi connectivity index (χ0) is 11.8. The molecule has 0 aromatic carbocycles. The Bertz CT molecular complexity index is 173. The predicted molar refractivity (Wildman–Crippen MR) is 68.6 cm³/mol. The molecule has 1 heterocycles. The van der Waals surface area contributed by atoms with Gasteiger partial charge in [0.2, 0.25) is 0 Å². The molecule has 3 nitrogen and oxygen atoms in total. The summed E-state index contributed by atoms with van der Waals surface area (Å²) in [4.78, 5) is 2.56. The van der Waals surface area contributed by atoms with E-state index in [1.807, 2.05) is 0 Å². The predicted octanol–water partition coefficient (Wildman–Crippen LogP) is 1.47. The molecule has 0 aliphatic carbocycles. The van der Waals surface area contributed by atoms with Gasteiger partial charge in [-0.25, -0.2) is 0 Å². The number of nitrogens with one attached hydrogen (secondary N) is 1. The average Bonchev–Trinajstić information content (AvgIpc) is 2.27. The molecular formula is C13H28N2O. The van der Waals surface area contributed by atoms with Crippen molar-refractivity contribution in [3.05, 3.63) is 0 Å². The molecule has 16 heavy (non-hydrogen) atoms. The lowest BCUT2D eigenvalue weighted by molar-refractivity contribution is 0.164. The van der Waals surface area contributed by atoms with E-state index in [4.69, 9.17) is 5.11 Å². The molecule has 1 aliphatic rings. The molecule has 0 spiro atoms. The van der Waals surface area contributed by atoms with Gasteiger partial charge in [-0.15, -0.1) is 0 Å². The van der Waals surface area contributed by atoms with Gasteiger partial charge in [-0.3, -0.25) is 0 Å². The Balaban J connectivity index is 2.14. The van der Waals surface area contributed by atoms with Crippen LogP contribution in [-0.2, 0) is 0 Å². The van der Waals surface area contributed by atoms with Gasteiger partial charge < -0.3 is 15.3 Å². The summed E-state index contributed by atoms with van der Waals surface area (Å²) in [6.07, 6.45) is 4.80. The minimum absolute atomic E-state index is 0.339. The molecule has 1 rings (SSSR count). The number of piperidine rings is 1. The van der Waals surface area contributed by atoms with Crippen molar-refractivity contribution >= 4 is 0 Å². The third-order valence-electron chi connectivity index (χ3n) is 3.30. The molecule has 1 atom stereocenters. The Kier molecular flexibility index (Phi) is 7.01. The van der Waals surface area contributed by atoms with Gasteiger partial charge in [0.15, 0.2) is 0 Å². The molecule has 0 radical (unpaired) electrons. The van der Waals surface area contributed by atoms with E-state index >= 15 is 0 Å². The number of rotatable bonds is 7. The fourth-order valence-corrected chi connectivity index (χ4v) is 2.37. The summed E-state index contributed by atoms with van der Waals surface area (Å²) in [6.45, 7) is 9.58. The normalized spacial score (nSPS) is 22.9. The van der Waals surface area contributed by atoms with E-state index in [0.29, 0.717) is 12.6 Å². The van der Waals surface area contributed by atoms with Crippen LogP contribution in [0, 0.1) is 5.92 Å². The fourth-order valence-electron chi connectivity index (χ4n) is 2.37. The van der Waals surface area contributed by atoms with Gasteiger partial charge in [-0.05, 0) is 51.2 Å². The van der Waals surface area contributed by atoms with E-state index < -0.39 is 0 Å². The van der Waals surface area contributed by atoms with Crippen molar-refractivity contribution in [1.29, 1.82) is 0 Å². The largest absolute Gasteiger partial charge is 0.396 e. The molecule has 3 heteroatoms. The van der Waals surface area contributed by atoms with Crippen LogP contribution in [0.1, 0.15) is 39.5 Å². The highest BCUT2D eigenvalue weighted by Crippen LogP contribution is 2.16. The Hall–Kier alpha value is -0.120. The molecule has 96 valence electrons. The van der Waals surface area contributed by atoms with E-state index in [1.165, 1.54) is 32.5 Å². The molecule has 0 bridgehead atoms. The highest BCUT2D eigenvalue weighted by Gasteiger charge is 2.19. The van der Waals surface area contributed by atoms with E-state index in [2.05, 4.69) is 24.1 Å². The maximum absolute atomic E-state index is 8.76. The van der Waals surface area contributed by atoms with Gasteiger partial charge in [0.1, 0.15) is 0 Å². The molecule has 1 unspecified atom stereocenters. The molecule has 0 amide bonds. The van der Waals surface area contributed by atoms with Crippen LogP contribution in [0.2, 0.25) is 0 Å². The number of likely N-dealkylation sites (tertiary alicyclic amines) is 1. The van der Waals surface area contributed by atoms with Gasteiger partial charge in [0, 0.05) is 19.2 Å². The molecule has 2 N–H and O–H groups in total. The van der Waals surface area contributed by atoms with Crippen molar-refractivity contribution in [3.63, 3.8) is 0 Å². The fraction of sp³-hybridized carbons (Fsp3) is 1.00. The van der Waals surface area contributed by atoms with Gasteiger partial charge >= 0.3 is 0 Å². The summed E-state index contributed by atoms with van der Waals surface area (Å²) in [5.41, 5.74) is 0. The zero-order valence-corrected chi connectivity index (χ0v) is 10.9. The van der Waals surface area contributed by atoms with Gasteiger partial charge in [0.25, 0.3) is 0 Å². The monoisotopic (exact) mass is 228 g/mol. The van der Waals surface area contributed by atoms with Gasteiger partial charge in [-0.2, -0.15) is 0 Å². The highest BCUT2D eigenvalue weighted by atomic mass is 16.2. The Labute approximate surface area is 100 Å². The van der Waals surface area contributed by atoms with E-state index in [9.17, 15) is 0 Å². The van der Waals surface area contributed by atoms with Crippen LogP contribution in [-0.4, -0.2) is 48.8 Å². The molecule has 0 saturated carbocycles. The van der Waals surface area contributed by atoms with Crippen LogP contribution < -0.4 is 5.32 Å². The summed E-state index contributed by atoms with van der Waals surface area (Å²) < 4.78 is 0. The number of hydrogen-bond donors (Lipinski definition) is 2. The third kappa shape index (κ3) is 5.83. The van der Waals surface area contributed by atoms with Gasteiger partial charge in [-0.1, -0.05) is 13.8 Å². The Morgan fingerprint density at radius 2 is 2.19 bits per heavy atom. The second kappa shape index (κ2) is 8.04. The first-order valence-electron chi connectivity index (χ1n) is 6.79. The summed E-state index contributed by atoms with van der Waals surface area (Å²) in [5, 5.41) is 12.3. The van der Waals surface area contributed by atoms with Crippen molar-refractivity contribution in [2.24, 2.45) is 5.92 Å². The topological polar surface area (TPSA) is 35.5 Å². The lowest BCUT2D eigenvalue weighted by atomic mass is 9.97. The number of aliphatic hydroxyl groups is 1. The quantitative estimate of drug-likeness (QED) is 0.648. The average molecular weight is 228 g/mol. The number of unbranched alkanes of at least 4 members (excludes halogenated alkanes) is 1. The van der Waals surface area contributed by atoms with E-state index in [1.54, 1.807) is 0 Å². The number of hydrogen-bond acceptors (Lipinski definition) is 3. The zero-order valence-electron chi connectivity index (χ0n) is 10.9. The summed E-state index contributed by atoms with van der Waals surface area (Å²) >= 11 is 0. The van der Waals surface area contributed by atoms with Crippen LogP contribution in [0.3, 0.4) is 0 Å². The first-order valence-corrected chi connectivity index (χ1v) is 6.79. The molecule has 1 fully saturated rings. The first kappa shape index (κ1) is 13.9. The van der Waals surface area contributed by atoms with Crippen LogP contribution in [0.25, 0.3) is 0 Å². The van der Waals surface area contributed by atoms with Crippen LogP contribution >= 0.6 is 0 Å². The van der Waals surface area contributed by atoms with E-state index in [0.717, 1.165) is 25.3 Å². The molecule has 0 aromatic rings.